The van der Waals surface area contributed by atoms with Gasteiger partial charge in [-0.05, 0) is 37.0 Å². The van der Waals surface area contributed by atoms with Crippen LogP contribution in [0.1, 0.15) is 24.8 Å². The fourth-order valence-electron chi connectivity index (χ4n) is 2.23. The zero-order chi connectivity index (χ0) is 17.1. The van der Waals surface area contributed by atoms with Gasteiger partial charge in [0.2, 0.25) is 10.0 Å². The molecule has 4 nitrogen and oxygen atoms in total. The van der Waals surface area contributed by atoms with Gasteiger partial charge >= 0.3 is 0 Å². The summed E-state index contributed by atoms with van der Waals surface area (Å²) in [6, 6.07) is 3.81. The van der Waals surface area contributed by atoms with Gasteiger partial charge in [-0.1, -0.05) is 12.1 Å². The highest BCUT2D eigenvalue weighted by molar-refractivity contribution is 7.89. The Hall–Kier alpha value is -1.54. The summed E-state index contributed by atoms with van der Waals surface area (Å²) in [5, 5.41) is 0. The van der Waals surface area contributed by atoms with E-state index in [1.165, 1.54) is 18.2 Å². The van der Waals surface area contributed by atoms with Gasteiger partial charge in [-0.3, -0.25) is 0 Å². The first-order valence-corrected chi connectivity index (χ1v) is 8.77. The van der Waals surface area contributed by atoms with E-state index in [9.17, 15) is 21.6 Å². The van der Waals surface area contributed by atoms with Crippen molar-refractivity contribution in [3.8, 4) is 5.75 Å². The monoisotopic (exact) mass is 349 g/mol. The normalized spacial score (nSPS) is 16.3. The Morgan fingerprint density at radius 1 is 1.39 bits per heavy atom. The fraction of sp³-hybridized carbons (Fsp3) is 0.467. The Morgan fingerprint density at radius 2 is 2.09 bits per heavy atom. The molecule has 8 heteroatoms. The second-order valence-corrected chi connectivity index (χ2v) is 7.27. The van der Waals surface area contributed by atoms with Crippen LogP contribution >= 0.6 is 0 Å². The van der Waals surface area contributed by atoms with Crippen LogP contribution in [0.25, 0.3) is 0 Å². The number of halogens is 3. The van der Waals surface area contributed by atoms with Gasteiger partial charge in [0, 0.05) is 0 Å². The van der Waals surface area contributed by atoms with Crippen LogP contribution in [-0.2, 0) is 15.6 Å². The minimum Gasteiger partial charge on any atom is -0.485 e. The summed E-state index contributed by atoms with van der Waals surface area (Å²) >= 11 is 0. The summed E-state index contributed by atoms with van der Waals surface area (Å²) in [5.41, 5.74) is -0.304. The zero-order valence-electron chi connectivity index (χ0n) is 12.4. The molecule has 0 radical (unpaired) electrons. The lowest BCUT2D eigenvalue weighted by atomic mass is 10.1. The first-order chi connectivity index (χ1) is 10.8. The molecule has 128 valence electrons. The van der Waals surface area contributed by atoms with Crippen molar-refractivity contribution < 1.29 is 26.3 Å². The maximum Gasteiger partial charge on any atom is 0.272 e. The zero-order valence-corrected chi connectivity index (χ0v) is 13.2. The Kier molecular flexibility index (Phi) is 5.36. The van der Waals surface area contributed by atoms with Crippen LogP contribution in [0, 0.1) is 5.82 Å². The van der Waals surface area contributed by atoms with Crippen molar-refractivity contribution in [3.05, 3.63) is 42.2 Å². The second-order valence-electron chi connectivity index (χ2n) is 5.43. The summed E-state index contributed by atoms with van der Waals surface area (Å²) in [6.07, 6.45) is 0.218. The molecule has 0 aliphatic heterocycles. The molecule has 23 heavy (non-hydrogen) atoms. The number of hydrogen-bond donors (Lipinski definition) is 1. The quantitative estimate of drug-likeness (QED) is 0.698. The lowest BCUT2D eigenvalue weighted by molar-refractivity contribution is 0.0798. The van der Waals surface area contributed by atoms with Crippen molar-refractivity contribution in [3.63, 3.8) is 0 Å². The third-order valence-corrected chi connectivity index (χ3v) is 5.02. The molecule has 1 saturated carbocycles. The number of alkyl halides is 2. The summed E-state index contributed by atoms with van der Waals surface area (Å²) in [7, 11) is -3.51. The van der Waals surface area contributed by atoms with Gasteiger partial charge in [0.05, 0.1) is 11.3 Å². The first kappa shape index (κ1) is 17.8. The lowest BCUT2D eigenvalue weighted by Gasteiger charge is -2.19. The first-order valence-electron chi connectivity index (χ1n) is 7.11. The molecule has 0 atom stereocenters. The van der Waals surface area contributed by atoms with Crippen LogP contribution in [0.2, 0.25) is 0 Å². The largest absolute Gasteiger partial charge is 0.485 e. The van der Waals surface area contributed by atoms with E-state index in [0.29, 0.717) is 24.8 Å². The SMILES string of the molecule is C=CCCS(=O)(=O)NC1(c2ccc(F)c(OCC(F)F)c2)CC1. The Morgan fingerprint density at radius 3 is 2.65 bits per heavy atom. The molecule has 1 aliphatic rings. The average molecular weight is 349 g/mol. The molecule has 0 aromatic heterocycles. The van der Waals surface area contributed by atoms with Crippen LogP contribution in [0.15, 0.2) is 30.9 Å². The van der Waals surface area contributed by atoms with Gasteiger partial charge < -0.3 is 4.74 Å². The average Bonchev–Trinajstić information content (AvgIpc) is 3.24. The van der Waals surface area contributed by atoms with E-state index in [0.717, 1.165) is 6.07 Å². The molecule has 0 saturated heterocycles. The fourth-order valence-corrected chi connectivity index (χ4v) is 3.72. The maximum absolute atomic E-state index is 13.6. The highest BCUT2D eigenvalue weighted by Gasteiger charge is 2.47. The van der Waals surface area contributed by atoms with Crippen molar-refractivity contribution in [1.29, 1.82) is 0 Å². The highest BCUT2D eigenvalue weighted by atomic mass is 32.2. The molecule has 1 aromatic carbocycles. The number of sulfonamides is 1. The molecule has 1 fully saturated rings. The number of nitrogens with one attached hydrogen (secondary N) is 1. The van der Waals surface area contributed by atoms with Crippen LogP contribution in [0.5, 0.6) is 5.75 Å². The number of hydrogen-bond acceptors (Lipinski definition) is 3. The van der Waals surface area contributed by atoms with E-state index in [1.807, 2.05) is 0 Å². The predicted molar refractivity (Wildman–Crippen MR) is 80.5 cm³/mol. The molecule has 0 heterocycles. The minimum absolute atomic E-state index is 0.0891. The third-order valence-electron chi connectivity index (χ3n) is 3.54. The van der Waals surface area contributed by atoms with Gasteiger partial charge in [-0.25, -0.2) is 26.3 Å². The predicted octanol–water partition coefficient (Wildman–Crippen LogP) is 2.95. The van der Waals surface area contributed by atoms with Crippen LogP contribution < -0.4 is 9.46 Å². The van der Waals surface area contributed by atoms with Crippen LogP contribution in [0.4, 0.5) is 13.2 Å². The molecule has 0 spiro atoms. The number of allylic oxidation sites excluding steroid dienone is 1. The van der Waals surface area contributed by atoms with Crippen molar-refractivity contribution in [2.45, 2.75) is 31.2 Å². The van der Waals surface area contributed by atoms with Gasteiger partial charge in [0.25, 0.3) is 6.43 Å². The minimum atomic E-state index is -3.51. The third kappa shape index (κ3) is 4.71. The van der Waals surface area contributed by atoms with Gasteiger partial charge in [0.15, 0.2) is 11.6 Å². The second kappa shape index (κ2) is 6.92. The van der Waals surface area contributed by atoms with E-state index < -0.39 is 34.4 Å². The van der Waals surface area contributed by atoms with Gasteiger partial charge in [-0.2, -0.15) is 0 Å². The Balaban J connectivity index is 2.17. The topological polar surface area (TPSA) is 55.4 Å². The number of ether oxygens (including phenoxy) is 1. The molecular weight excluding hydrogens is 331 g/mol. The van der Waals surface area contributed by atoms with Crippen LogP contribution in [-0.4, -0.2) is 27.2 Å². The standard InChI is InChI=1S/C15H18F3NO3S/c1-2-3-8-23(20,21)19-15(6-7-15)11-4-5-12(16)13(9-11)22-10-14(17)18/h2,4-5,9,14,19H,1,3,6-8,10H2. The molecule has 1 N–H and O–H groups in total. The smallest absolute Gasteiger partial charge is 0.272 e. The van der Waals surface area contributed by atoms with E-state index >= 15 is 0 Å². The number of benzene rings is 1. The summed E-state index contributed by atoms with van der Waals surface area (Å²) in [6.45, 7) is 2.56. The van der Waals surface area contributed by atoms with E-state index in [1.54, 1.807) is 0 Å². The molecule has 1 aromatic rings. The lowest BCUT2D eigenvalue weighted by Crippen LogP contribution is -2.36. The molecule has 0 unspecified atom stereocenters. The molecule has 2 rings (SSSR count). The van der Waals surface area contributed by atoms with Gasteiger partial charge in [-0.15, -0.1) is 6.58 Å². The van der Waals surface area contributed by atoms with Crippen molar-refractivity contribution in [1.82, 2.24) is 4.72 Å². The maximum atomic E-state index is 13.6. The van der Waals surface area contributed by atoms with Crippen molar-refractivity contribution in [2.75, 3.05) is 12.4 Å². The summed E-state index contributed by atoms with van der Waals surface area (Å²) in [4.78, 5) is 0. The molecule has 0 bridgehead atoms. The summed E-state index contributed by atoms with van der Waals surface area (Å²) < 4.78 is 69.4. The molecular formula is C15H18F3NO3S. The van der Waals surface area contributed by atoms with E-state index in [-0.39, 0.29) is 11.5 Å². The van der Waals surface area contributed by atoms with Crippen LogP contribution in [0.3, 0.4) is 0 Å². The highest BCUT2D eigenvalue weighted by Crippen LogP contribution is 2.47. The molecule has 0 amide bonds. The Bertz CT molecular complexity index is 673. The molecule has 1 aliphatic carbocycles. The summed E-state index contributed by atoms with van der Waals surface area (Å²) in [5.74, 6) is -1.16. The number of rotatable bonds is 9. The van der Waals surface area contributed by atoms with E-state index in [2.05, 4.69) is 11.3 Å². The van der Waals surface area contributed by atoms with Crippen molar-refractivity contribution >= 4 is 10.0 Å². The Labute approximate surface area is 133 Å². The van der Waals surface area contributed by atoms with E-state index in [4.69, 9.17) is 4.74 Å². The van der Waals surface area contributed by atoms with Gasteiger partial charge in [0.1, 0.15) is 6.61 Å². The van der Waals surface area contributed by atoms with Crippen molar-refractivity contribution in [2.24, 2.45) is 0 Å².